The highest BCUT2D eigenvalue weighted by Crippen LogP contribution is 2.17. The number of halogens is 2. The van der Waals surface area contributed by atoms with Gasteiger partial charge in [-0.15, -0.1) is 0 Å². The first-order chi connectivity index (χ1) is 8.63. The van der Waals surface area contributed by atoms with E-state index in [9.17, 15) is 13.9 Å². The molecule has 0 spiro atoms. The maximum Gasteiger partial charge on any atom is 0.272 e. The third kappa shape index (κ3) is 3.92. The van der Waals surface area contributed by atoms with Gasteiger partial charge in [-0.3, -0.25) is 4.90 Å². The fourth-order valence-corrected chi connectivity index (χ4v) is 2.06. The van der Waals surface area contributed by atoms with Crippen molar-refractivity contribution in [2.45, 2.75) is 25.5 Å². The molecule has 3 nitrogen and oxygen atoms in total. The number of aliphatic hydroxyl groups is 1. The van der Waals surface area contributed by atoms with Crippen molar-refractivity contribution in [2.75, 3.05) is 19.7 Å². The Labute approximate surface area is 105 Å². The van der Waals surface area contributed by atoms with Gasteiger partial charge in [0, 0.05) is 19.6 Å². The van der Waals surface area contributed by atoms with Crippen LogP contribution in [0.5, 0.6) is 5.75 Å². The van der Waals surface area contributed by atoms with Crippen molar-refractivity contribution in [1.29, 1.82) is 0 Å². The molecule has 1 aromatic rings. The van der Waals surface area contributed by atoms with Crippen molar-refractivity contribution in [3.63, 3.8) is 0 Å². The van der Waals surface area contributed by atoms with Crippen LogP contribution >= 0.6 is 0 Å². The van der Waals surface area contributed by atoms with Crippen molar-refractivity contribution in [2.24, 2.45) is 0 Å². The quantitative estimate of drug-likeness (QED) is 0.874. The summed E-state index contributed by atoms with van der Waals surface area (Å²) in [7, 11) is 0. The molecule has 1 atom stereocenters. The number of benzene rings is 1. The van der Waals surface area contributed by atoms with Crippen molar-refractivity contribution >= 4 is 0 Å². The first kappa shape index (κ1) is 13.2. The van der Waals surface area contributed by atoms with Gasteiger partial charge in [0.25, 0.3) is 6.43 Å². The molecule has 0 aromatic heterocycles. The first-order valence-electron chi connectivity index (χ1n) is 6.04. The Morgan fingerprint density at radius 2 is 2.06 bits per heavy atom. The van der Waals surface area contributed by atoms with E-state index in [1.54, 1.807) is 12.1 Å². The highest BCUT2D eigenvalue weighted by molar-refractivity contribution is 5.27. The molecule has 1 aliphatic rings. The van der Waals surface area contributed by atoms with Crippen LogP contribution in [0.15, 0.2) is 24.3 Å². The number of hydrogen-bond acceptors (Lipinski definition) is 3. The molecule has 1 N–H and O–H groups in total. The van der Waals surface area contributed by atoms with Crippen LogP contribution < -0.4 is 4.74 Å². The highest BCUT2D eigenvalue weighted by atomic mass is 19.3. The molecular weight excluding hydrogens is 240 g/mol. The average Bonchev–Trinajstić information content (AvgIpc) is 2.74. The number of rotatable bonds is 5. The summed E-state index contributed by atoms with van der Waals surface area (Å²) in [5, 5.41) is 9.41. The van der Waals surface area contributed by atoms with E-state index in [-0.39, 0.29) is 6.10 Å². The molecule has 0 aliphatic carbocycles. The van der Waals surface area contributed by atoms with Crippen LogP contribution in [0.4, 0.5) is 8.78 Å². The summed E-state index contributed by atoms with van der Waals surface area (Å²) in [5.74, 6) is 0.459. The van der Waals surface area contributed by atoms with Crippen molar-refractivity contribution in [3.8, 4) is 5.75 Å². The van der Waals surface area contributed by atoms with Crippen LogP contribution in [0.1, 0.15) is 12.0 Å². The van der Waals surface area contributed by atoms with Gasteiger partial charge in [-0.1, -0.05) is 12.1 Å². The van der Waals surface area contributed by atoms with Crippen LogP contribution in [0.2, 0.25) is 0 Å². The Kier molecular flexibility index (Phi) is 4.49. The van der Waals surface area contributed by atoms with E-state index in [2.05, 4.69) is 4.90 Å². The lowest BCUT2D eigenvalue weighted by atomic mass is 10.2. The zero-order valence-corrected chi connectivity index (χ0v) is 10.1. The lowest BCUT2D eigenvalue weighted by molar-refractivity contribution is 0.0819. The molecular formula is C13H17F2NO2. The standard InChI is InChI=1S/C13H17F2NO2/c14-13(15)9-18-12-3-1-10(2-4-12)7-16-6-5-11(17)8-16/h1-4,11,13,17H,5-9H2/t11-/m0/s1. The van der Waals surface area contributed by atoms with Gasteiger partial charge in [0.05, 0.1) is 6.10 Å². The predicted molar refractivity (Wildman–Crippen MR) is 63.8 cm³/mol. The van der Waals surface area contributed by atoms with E-state index in [1.807, 2.05) is 12.1 Å². The van der Waals surface area contributed by atoms with Gasteiger partial charge in [-0.2, -0.15) is 0 Å². The van der Waals surface area contributed by atoms with Crippen LogP contribution in [0.3, 0.4) is 0 Å². The van der Waals surface area contributed by atoms with Gasteiger partial charge in [0.1, 0.15) is 12.4 Å². The van der Waals surface area contributed by atoms with E-state index >= 15 is 0 Å². The van der Waals surface area contributed by atoms with Crippen LogP contribution in [-0.4, -0.2) is 42.2 Å². The smallest absolute Gasteiger partial charge is 0.272 e. The molecule has 2 rings (SSSR count). The molecule has 0 unspecified atom stereocenters. The number of likely N-dealkylation sites (tertiary alicyclic amines) is 1. The summed E-state index contributed by atoms with van der Waals surface area (Å²) in [6, 6.07) is 7.13. The second-order valence-corrected chi connectivity index (χ2v) is 4.52. The summed E-state index contributed by atoms with van der Waals surface area (Å²) >= 11 is 0. The average molecular weight is 257 g/mol. The van der Waals surface area contributed by atoms with E-state index < -0.39 is 13.0 Å². The largest absolute Gasteiger partial charge is 0.488 e. The van der Waals surface area contributed by atoms with Gasteiger partial charge in [-0.05, 0) is 24.1 Å². The molecule has 1 heterocycles. The third-order valence-electron chi connectivity index (χ3n) is 2.95. The highest BCUT2D eigenvalue weighted by Gasteiger charge is 2.19. The van der Waals surface area contributed by atoms with E-state index in [4.69, 9.17) is 4.74 Å². The number of ether oxygens (including phenoxy) is 1. The zero-order valence-electron chi connectivity index (χ0n) is 10.1. The molecule has 1 saturated heterocycles. The topological polar surface area (TPSA) is 32.7 Å². The fraction of sp³-hybridized carbons (Fsp3) is 0.538. The molecule has 1 aliphatic heterocycles. The summed E-state index contributed by atoms with van der Waals surface area (Å²) in [4.78, 5) is 2.17. The summed E-state index contributed by atoms with van der Waals surface area (Å²) < 4.78 is 28.8. The Balaban J connectivity index is 1.83. The molecule has 1 fully saturated rings. The minimum Gasteiger partial charge on any atom is -0.488 e. The maximum atomic E-state index is 12.0. The summed E-state index contributed by atoms with van der Waals surface area (Å²) in [6.45, 7) is 1.79. The lowest BCUT2D eigenvalue weighted by Gasteiger charge is -2.15. The Morgan fingerprint density at radius 1 is 1.33 bits per heavy atom. The predicted octanol–water partition coefficient (Wildman–Crippen LogP) is 1.90. The number of nitrogens with zero attached hydrogens (tertiary/aromatic N) is 1. The minimum atomic E-state index is -2.45. The third-order valence-corrected chi connectivity index (χ3v) is 2.95. The molecule has 0 radical (unpaired) electrons. The number of hydrogen-bond donors (Lipinski definition) is 1. The summed E-state index contributed by atoms with van der Waals surface area (Å²) in [6.07, 6.45) is -1.86. The van der Waals surface area contributed by atoms with Crippen molar-refractivity contribution in [1.82, 2.24) is 4.90 Å². The first-order valence-corrected chi connectivity index (χ1v) is 6.04. The van der Waals surface area contributed by atoms with E-state index in [0.717, 1.165) is 25.1 Å². The minimum absolute atomic E-state index is 0.223. The molecule has 0 saturated carbocycles. The number of alkyl halides is 2. The summed E-state index contributed by atoms with van der Waals surface area (Å²) in [5.41, 5.74) is 1.09. The Morgan fingerprint density at radius 3 is 2.61 bits per heavy atom. The van der Waals surface area contributed by atoms with Gasteiger partial charge in [0.2, 0.25) is 0 Å². The van der Waals surface area contributed by atoms with E-state index in [1.165, 1.54) is 0 Å². The van der Waals surface area contributed by atoms with Crippen LogP contribution in [0, 0.1) is 0 Å². The van der Waals surface area contributed by atoms with Crippen molar-refractivity contribution < 1.29 is 18.6 Å². The monoisotopic (exact) mass is 257 g/mol. The number of β-amino-alcohol motifs (C(OH)–C–C–N with tert-alkyl or cyclic N) is 1. The van der Waals surface area contributed by atoms with Crippen LogP contribution in [-0.2, 0) is 6.54 Å². The second kappa shape index (κ2) is 6.11. The molecule has 100 valence electrons. The zero-order chi connectivity index (χ0) is 13.0. The molecule has 18 heavy (non-hydrogen) atoms. The molecule has 1 aromatic carbocycles. The van der Waals surface area contributed by atoms with Crippen molar-refractivity contribution in [3.05, 3.63) is 29.8 Å². The Hall–Kier alpha value is -1.20. The lowest BCUT2D eigenvalue weighted by Crippen LogP contribution is -2.21. The maximum absolute atomic E-state index is 12.0. The van der Waals surface area contributed by atoms with Crippen LogP contribution in [0.25, 0.3) is 0 Å². The fourth-order valence-electron chi connectivity index (χ4n) is 2.06. The molecule has 0 amide bonds. The SMILES string of the molecule is O[C@H]1CCN(Cc2ccc(OCC(F)F)cc2)C1. The number of aliphatic hydroxyl groups excluding tert-OH is 1. The van der Waals surface area contributed by atoms with Gasteiger partial charge < -0.3 is 9.84 Å². The molecule has 0 bridgehead atoms. The van der Waals surface area contributed by atoms with Gasteiger partial charge in [0.15, 0.2) is 0 Å². The van der Waals surface area contributed by atoms with E-state index in [0.29, 0.717) is 12.3 Å². The Bertz CT molecular complexity index is 370. The normalized spacial score (nSPS) is 20.6. The second-order valence-electron chi connectivity index (χ2n) is 4.52. The van der Waals surface area contributed by atoms with Gasteiger partial charge >= 0.3 is 0 Å². The van der Waals surface area contributed by atoms with Gasteiger partial charge in [-0.25, -0.2) is 8.78 Å². The molecule has 5 heteroatoms.